The summed E-state index contributed by atoms with van der Waals surface area (Å²) >= 11 is 3.03. The molecule has 1 aromatic rings. The minimum Gasteiger partial charge on any atom is -0.481 e. The molecule has 1 rings (SSSR count). The van der Waals surface area contributed by atoms with Crippen LogP contribution in [-0.4, -0.2) is 11.1 Å². The molecule has 0 atom stereocenters. The maximum atomic E-state index is 13.0. The molecule has 0 amide bonds. The van der Waals surface area contributed by atoms with Gasteiger partial charge in [0.25, 0.3) is 0 Å². The van der Waals surface area contributed by atoms with Gasteiger partial charge in [-0.1, -0.05) is 18.2 Å². The van der Waals surface area contributed by atoms with Crippen molar-refractivity contribution in [2.24, 2.45) is 0 Å². The molecule has 1 aromatic carbocycles. The molecule has 0 aliphatic rings. The van der Waals surface area contributed by atoms with Crippen LogP contribution >= 0.6 is 15.9 Å². The molecule has 0 aliphatic heterocycles. The average Bonchev–Trinajstić information content (AvgIpc) is 2.10. The first-order chi connectivity index (χ1) is 6.59. The molecule has 0 aliphatic carbocycles. The first kappa shape index (κ1) is 10.9. The molecule has 0 saturated carbocycles. The summed E-state index contributed by atoms with van der Waals surface area (Å²) in [6.45, 7) is 0. The maximum absolute atomic E-state index is 13.0. The summed E-state index contributed by atoms with van der Waals surface area (Å²) in [5.74, 6) is -1.26. The molecular weight excluding hydrogens is 251 g/mol. The highest BCUT2D eigenvalue weighted by atomic mass is 79.9. The molecule has 1 N–H and O–H groups in total. The predicted octanol–water partition coefficient (Wildman–Crippen LogP) is 3.08. The van der Waals surface area contributed by atoms with Crippen molar-refractivity contribution in [2.75, 3.05) is 0 Å². The Balaban J connectivity index is 2.73. The monoisotopic (exact) mass is 258 g/mol. The van der Waals surface area contributed by atoms with Crippen molar-refractivity contribution in [1.29, 1.82) is 0 Å². The third kappa shape index (κ3) is 3.30. The Morgan fingerprint density at radius 1 is 1.57 bits per heavy atom. The van der Waals surface area contributed by atoms with Gasteiger partial charge in [-0.2, -0.15) is 0 Å². The van der Waals surface area contributed by atoms with E-state index >= 15 is 0 Å². The lowest BCUT2D eigenvalue weighted by molar-refractivity contribution is -0.135. The van der Waals surface area contributed by atoms with Crippen molar-refractivity contribution in [2.45, 2.75) is 6.42 Å². The number of aliphatic carboxylic acids is 1. The zero-order valence-corrected chi connectivity index (χ0v) is 8.79. The number of carbonyl (C=O) groups is 1. The lowest BCUT2D eigenvalue weighted by Crippen LogP contribution is -1.89. The molecule has 0 saturated heterocycles. The van der Waals surface area contributed by atoms with Crippen LogP contribution in [-0.2, 0) is 4.79 Å². The molecule has 0 aromatic heterocycles. The molecule has 0 spiro atoms. The number of carboxylic acids is 1. The van der Waals surface area contributed by atoms with Gasteiger partial charge < -0.3 is 5.11 Å². The van der Waals surface area contributed by atoms with Crippen LogP contribution in [0.2, 0.25) is 0 Å². The van der Waals surface area contributed by atoms with Gasteiger partial charge in [0.15, 0.2) is 0 Å². The molecule has 4 heteroatoms. The molecule has 0 heterocycles. The van der Waals surface area contributed by atoms with Crippen LogP contribution in [0.15, 0.2) is 28.7 Å². The molecule has 0 unspecified atom stereocenters. The van der Waals surface area contributed by atoms with Crippen molar-refractivity contribution in [1.82, 2.24) is 0 Å². The smallest absolute Gasteiger partial charge is 0.307 e. The van der Waals surface area contributed by atoms with Gasteiger partial charge >= 0.3 is 5.97 Å². The van der Waals surface area contributed by atoms with E-state index in [-0.39, 0.29) is 12.2 Å². The Kier molecular flexibility index (Phi) is 3.83. The van der Waals surface area contributed by atoms with E-state index in [0.29, 0.717) is 10.0 Å². The second kappa shape index (κ2) is 4.91. The largest absolute Gasteiger partial charge is 0.481 e. The van der Waals surface area contributed by atoms with Gasteiger partial charge in [-0.05, 0) is 33.6 Å². The lowest BCUT2D eigenvalue weighted by Gasteiger charge is -1.95. The van der Waals surface area contributed by atoms with Crippen molar-refractivity contribution in [3.05, 3.63) is 40.1 Å². The highest BCUT2D eigenvalue weighted by Crippen LogP contribution is 2.17. The van der Waals surface area contributed by atoms with Gasteiger partial charge in [0.05, 0.1) is 10.9 Å². The average molecular weight is 259 g/mol. The summed E-state index contributed by atoms with van der Waals surface area (Å²) in [5, 5.41) is 8.36. The first-order valence-corrected chi connectivity index (χ1v) is 4.72. The molecule has 0 bridgehead atoms. The first-order valence-electron chi connectivity index (χ1n) is 3.93. The van der Waals surface area contributed by atoms with Crippen LogP contribution in [0.4, 0.5) is 4.39 Å². The van der Waals surface area contributed by atoms with Gasteiger partial charge in [-0.25, -0.2) is 4.39 Å². The Labute approximate surface area is 89.2 Å². The summed E-state index contributed by atoms with van der Waals surface area (Å²) < 4.78 is 13.4. The minimum absolute atomic E-state index is 0.0579. The maximum Gasteiger partial charge on any atom is 0.307 e. The van der Waals surface area contributed by atoms with E-state index in [1.807, 2.05) is 0 Å². The van der Waals surface area contributed by atoms with E-state index in [0.717, 1.165) is 0 Å². The second-order valence-corrected chi connectivity index (χ2v) is 3.53. The van der Waals surface area contributed by atoms with E-state index in [4.69, 9.17) is 5.11 Å². The van der Waals surface area contributed by atoms with Gasteiger partial charge in [0.1, 0.15) is 5.82 Å². The molecule has 2 nitrogen and oxygen atoms in total. The summed E-state index contributed by atoms with van der Waals surface area (Å²) in [6.07, 6.45) is 2.99. The van der Waals surface area contributed by atoms with Crippen LogP contribution in [0.1, 0.15) is 12.0 Å². The highest BCUT2D eigenvalue weighted by Gasteiger charge is 1.97. The van der Waals surface area contributed by atoms with Gasteiger partial charge in [-0.3, -0.25) is 4.79 Å². The van der Waals surface area contributed by atoms with E-state index < -0.39 is 5.97 Å². The number of halogens is 2. The van der Waals surface area contributed by atoms with Gasteiger partial charge in [-0.15, -0.1) is 0 Å². The number of carboxylic acid groups (broad SMARTS) is 1. The Morgan fingerprint density at radius 3 is 2.86 bits per heavy atom. The van der Waals surface area contributed by atoms with E-state index in [2.05, 4.69) is 15.9 Å². The van der Waals surface area contributed by atoms with Gasteiger partial charge in [0.2, 0.25) is 0 Å². The zero-order chi connectivity index (χ0) is 10.6. The van der Waals surface area contributed by atoms with Crippen LogP contribution in [0.5, 0.6) is 0 Å². The Bertz CT molecular complexity index is 374. The van der Waals surface area contributed by atoms with Crippen molar-refractivity contribution in [3.63, 3.8) is 0 Å². The molecule has 14 heavy (non-hydrogen) atoms. The third-order valence-electron chi connectivity index (χ3n) is 1.55. The summed E-state index contributed by atoms with van der Waals surface area (Å²) in [4.78, 5) is 10.2. The quantitative estimate of drug-likeness (QED) is 0.905. The summed E-state index contributed by atoms with van der Waals surface area (Å²) in [5.41, 5.74) is 0.645. The van der Waals surface area contributed by atoms with Crippen molar-refractivity contribution in [3.8, 4) is 0 Å². The molecule has 0 fully saturated rings. The van der Waals surface area contributed by atoms with Crippen LogP contribution in [0.25, 0.3) is 6.08 Å². The zero-order valence-electron chi connectivity index (χ0n) is 7.21. The fourth-order valence-electron chi connectivity index (χ4n) is 0.912. The number of benzene rings is 1. The van der Waals surface area contributed by atoms with E-state index in [1.165, 1.54) is 12.1 Å². The van der Waals surface area contributed by atoms with Crippen molar-refractivity contribution < 1.29 is 14.3 Å². The number of rotatable bonds is 3. The standard InChI is InChI=1S/C10H8BrFO2/c11-8-5-4-7(6-9(8)12)2-1-3-10(13)14/h1-2,4-6H,3H2,(H,13,14). The lowest BCUT2D eigenvalue weighted by atomic mass is 10.2. The molecule has 0 radical (unpaired) electrons. The van der Waals surface area contributed by atoms with E-state index in [1.54, 1.807) is 18.2 Å². The van der Waals surface area contributed by atoms with E-state index in [9.17, 15) is 9.18 Å². The summed E-state index contributed by atoms with van der Waals surface area (Å²) in [6, 6.07) is 4.61. The number of hydrogen-bond donors (Lipinski definition) is 1. The van der Waals surface area contributed by atoms with Crippen LogP contribution in [0, 0.1) is 5.82 Å². The Morgan fingerprint density at radius 2 is 2.29 bits per heavy atom. The third-order valence-corrected chi connectivity index (χ3v) is 2.19. The van der Waals surface area contributed by atoms with Crippen molar-refractivity contribution >= 4 is 28.0 Å². The normalized spacial score (nSPS) is 10.7. The Hall–Kier alpha value is -1.16. The van der Waals surface area contributed by atoms with Gasteiger partial charge in [0, 0.05) is 0 Å². The summed E-state index contributed by atoms with van der Waals surface area (Å²) in [7, 11) is 0. The van der Waals surface area contributed by atoms with Crippen LogP contribution < -0.4 is 0 Å². The minimum atomic E-state index is -0.904. The molecular formula is C10H8BrFO2. The predicted molar refractivity (Wildman–Crippen MR) is 55.4 cm³/mol. The fourth-order valence-corrected chi connectivity index (χ4v) is 1.16. The molecule has 74 valence electrons. The topological polar surface area (TPSA) is 37.3 Å². The fraction of sp³-hybridized carbons (Fsp3) is 0.100. The second-order valence-electron chi connectivity index (χ2n) is 2.67. The number of hydrogen-bond acceptors (Lipinski definition) is 1. The van der Waals surface area contributed by atoms with Crippen LogP contribution in [0.3, 0.4) is 0 Å². The highest BCUT2D eigenvalue weighted by molar-refractivity contribution is 9.10. The SMILES string of the molecule is O=C(O)CC=Cc1ccc(Br)c(F)c1.